The summed E-state index contributed by atoms with van der Waals surface area (Å²) in [5, 5.41) is 0. The van der Waals surface area contributed by atoms with Crippen molar-refractivity contribution in [2.24, 2.45) is 0 Å². The number of fused-ring (bicyclic) bond motifs is 1. The van der Waals surface area contributed by atoms with Crippen LogP contribution in [0.4, 0.5) is 18.0 Å². The Hall–Kier alpha value is -2.25. The molecule has 0 atom stereocenters. The molecule has 0 aliphatic rings. The minimum Gasteiger partial charge on any atom is -0.443 e. The van der Waals surface area contributed by atoms with Gasteiger partial charge in [0, 0.05) is 0 Å². The normalized spacial score (nSPS) is 12.7. The van der Waals surface area contributed by atoms with E-state index in [1.807, 2.05) is 0 Å². The van der Waals surface area contributed by atoms with E-state index in [1.165, 1.54) is 0 Å². The Morgan fingerprint density at radius 1 is 1.24 bits per heavy atom. The van der Waals surface area contributed by atoms with Crippen molar-refractivity contribution in [1.82, 2.24) is 9.55 Å². The standard InChI is InChI=1S/C13H13F3N2O3/c1-12(2,3)21-11(20)18-9-5-4-7(13(14,15)16)6-8(9)17-10(18)19/h4-6H,1-3H3,(H,17,19). The summed E-state index contributed by atoms with van der Waals surface area (Å²) in [5.41, 5.74) is -2.64. The van der Waals surface area contributed by atoms with Crippen LogP contribution in [0.15, 0.2) is 23.0 Å². The van der Waals surface area contributed by atoms with Crippen LogP contribution in [0.1, 0.15) is 26.3 Å². The molecule has 0 radical (unpaired) electrons. The molecule has 0 saturated heterocycles. The molecule has 2 aromatic rings. The molecule has 0 spiro atoms. The molecule has 0 aliphatic carbocycles. The number of H-pyrrole nitrogens is 1. The first-order valence-electron chi connectivity index (χ1n) is 6.04. The molecule has 0 bridgehead atoms. The highest BCUT2D eigenvalue weighted by Crippen LogP contribution is 2.30. The number of imidazole rings is 1. The molecular formula is C13H13F3N2O3. The molecule has 114 valence electrons. The highest BCUT2D eigenvalue weighted by molar-refractivity contribution is 5.86. The Morgan fingerprint density at radius 2 is 1.86 bits per heavy atom. The SMILES string of the molecule is CC(C)(C)OC(=O)n1c(=O)[nH]c2cc(C(F)(F)F)ccc21. The summed E-state index contributed by atoms with van der Waals surface area (Å²) in [6.45, 7) is 4.85. The van der Waals surface area contributed by atoms with Crippen LogP contribution < -0.4 is 5.69 Å². The van der Waals surface area contributed by atoms with Crippen LogP contribution in [0.5, 0.6) is 0 Å². The van der Waals surface area contributed by atoms with Crippen molar-refractivity contribution >= 4 is 17.1 Å². The average Bonchev–Trinajstić information content (AvgIpc) is 2.59. The van der Waals surface area contributed by atoms with Gasteiger partial charge in [0.25, 0.3) is 0 Å². The summed E-state index contributed by atoms with van der Waals surface area (Å²) in [6.07, 6.45) is -5.47. The summed E-state index contributed by atoms with van der Waals surface area (Å²) in [6, 6.07) is 2.63. The zero-order chi connectivity index (χ0) is 16.0. The van der Waals surface area contributed by atoms with Gasteiger partial charge in [-0.2, -0.15) is 17.7 Å². The molecule has 0 amide bonds. The molecule has 5 nitrogen and oxygen atoms in total. The lowest BCUT2D eigenvalue weighted by Crippen LogP contribution is -2.32. The van der Waals surface area contributed by atoms with Crippen molar-refractivity contribution in [3.8, 4) is 0 Å². The van der Waals surface area contributed by atoms with Crippen molar-refractivity contribution in [3.05, 3.63) is 34.2 Å². The fraction of sp³-hybridized carbons (Fsp3) is 0.385. The Bertz CT molecular complexity index is 751. The van der Waals surface area contributed by atoms with Crippen LogP contribution in [0.2, 0.25) is 0 Å². The smallest absolute Gasteiger partial charge is 0.423 e. The number of aromatic nitrogens is 2. The van der Waals surface area contributed by atoms with Gasteiger partial charge in [-0.05, 0) is 39.0 Å². The maximum Gasteiger partial charge on any atom is 0.423 e. The third-order valence-corrected chi connectivity index (χ3v) is 2.59. The first kappa shape index (κ1) is 15.1. The third-order valence-electron chi connectivity index (χ3n) is 2.59. The monoisotopic (exact) mass is 302 g/mol. The van der Waals surface area contributed by atoms with Gasteiger partial charge in [-0.3, -0.25) is 0 Å². The van der Waals surface area contributed by atoms with E-state index < -0.39 is 29.1 Å². The highest BCUT2D eigenvalue weighted by atomic mass is 19.4. The number of carbonyl (C=O) groups excluding carboxylic acids is 1. The number of carbonyl (C=O) groups is 1. The number of benzene rings is 1. The molecule has 8 heteroatoms. The van der Waals surface area contributed by atoms with E-state index in [9.17, 15) is 22.8 Å². The number of ether oxygens (including phenoxy) is 1. The molecule has 0 saturated carbocycles. The van der Waals surface area contributed by atoms with E-state index in [-0.39, 0.29) is 11.0 Å². The van der Waals surface area contributed by atoms with Gasteiger partial charge >= 0.3 is 18.0 Å². The lowest BCUT2D eigenvalue weighted by molar-refractivity contribution is -0.137. The summed E-state index contributed by atoms with van der Waals surface area (Å²) in [5.74, 6) is 0. The van der Waals surface area contributed by atoms with Gasteiger partial charge in [0.05, 0.1) is 16.6 Å². The van der Waals surface area contributed by atoms with Gasteiger partial charge in [-0.1, -0.05) is 0 Å². The number of hydrogen-bond donors (Lipinski definition) is 1. The van der Waals surface area contributed by atoms with Gasteiger partial charge < -0.3 is 9.72 Å². The van der Waals surface area contributed by atoms with E-state index in [4.69, 9.17) is 4.74 Å². The van der Waals surface area contributed by atoms with Crippen molar-refractivity contribution in [2.75, 3.05) is 0 Å². The number of alkyl halides is 3. The fourth-order valence-electron chi connectivity index (χ4n) is 1.78. The maximum absolute atomic E-state index is 12.6. The van der Waals surface area contributed by atoms with Crippen molar-refractivity contribution in [1.29, 1.82) is 0 Å². The first-order valence-corrected chi connectivity index (χ1v) is 6.04. The minimum absolute atomic E-state index is 0.0299. The van der Waals surface area contributed by atoms with Crippen molar-refractivity contribution in [2.45, 2.75) is 32.5 Å². The van der Waals surface area contributed by atoms with Crippen LogP contribution in [-0.2, 0) is 10.9 Å². The Labute approximate surface area is 117 Å². The van der Waals surface area contributed by atoms with Gasteiger partial charge in [0.2, 0.25) is 0 Å². The number of aromatic amines is 1. The predicted octanol–water partition coefficient (Wildman–Crippen LogP) is 3.13. The van der Waals surface area contributed by atoms with E-state index in [1.54, 1.807) is 20.8 Å². The summed E-state index contributed by atoms with van der Waals surface area (Å²) >= 11 is 0. The predicted molar refractivity (Wildman–Crippen MR) is 69.2 cm³/mol. The minimum atomic E-state index is -4.53. The lowest BCUT2D eigenvalue weighted by Gasteiger charge is -2.19. The highest BCUT2D eigenvalue weighted by Gasteiger charge is 2.31. The fourth-order valence-corrected chi connectivity index (χ4v) is 1.78. The van der Waals surface area contributed by atoms with Crippen LogP contribution in [0, 0.1) is 0 Å². The number of hydrogen-bond acceptors (Lipinski definition) is 3. The molecule has 2 rings (SSSR count). The Balaban J connectivity index is 2.54. The number of nitrogens with zero attached hydrogens (tertiary/aromatic N) is 1. The van der Waals surface area contributed by atoms with Crippen LogP contribution in [-0.4, -0.2) is 21.2 Å². The average molecular weight is 302 g/mol. The summed E-state index contributed by atoms with van der Waals surface area (Å²) < 4.78 is 43.6. The van der Waals surface area contributed by atoms with E-state index in [0.29, 0.717) is 4.57 Å². The molecule has 1 aromatic carbocycles. The topological polar surface area (TPSA) is 64.1 Å². The number of halogens is 3. The van der Waals surface area contributed by atoms with Gasteiger partial charge in [0.15, 0.2) is 0 Å². The molecule has 1 N–H and O–H groups in total. The van der Waals surface area contributed by atoms with Gasteiger partial charge in [-0.15, -0.1) is 0 Å². The van der Waals surface area contributed by atoms with Crippen molar-refractivity contribution < 1.29 is 22.7 Å². The molecule has 0 unspecified atom stereocenters. The zero-order valence-corrected chi connectivity index (χ0v) is 11.5. The molecule has 1 aromatic heterocycles. The van der Waals surface area contributed by atoms with Gasteiger partial charge in [0.1, 0.15) is 5.60 Å². The quantitative estimate of drug-likeness (QED) is 0.813. The second kappa shape index (κ2) is 4.64. The lowest BCUT2D eigenvalue weighted by atomic mass is 10.2. The zero-order valence-electron chi connectivity index (χ0n) is 11.5. The maximum atomic E-state index is 12.6. The van der Waals surface area contributed by atoms with Gasteiger partial charge in [-0.25, -0.2) is 9.59 Å². The largest absolute Gasteiger partial charge is 0.443 e. The molecule has 0 fully saturated rings. The number of rotatable bonds is 0. The van der Waals surface area contributed by atoms with Crippen LogP contribution in [0.25, 0.3) is 11.0 Å². The second-order valence-corrected chi connectivity index (χ2v) is 5.48. The van der Waals surface area contributed by atoms with Crippen molar-refractivity contribution in [3.63, 3.8) is 0 Å². The van der Waals surface area contributed by atoms with E-state index in [2.05, 4.69) is 4.98 Å². The number of nitrogens with one attached hydrogen (secondary N) is 1. The summed E-state index contributed by atoms with van der Waals surface area (Å²) in [7, 11) is 0. The van der Waals surface area contributed by atoms with E-state index in [0.717, 1.165) is 18.2 Å². The van der Waals surface area contributed by atoms with Crippen LogP contribution in [0.3, 0.4) is 0 Å². The molecule has 0 aliphatic heterocycles. The Kier molecular flexibility index (Phi) is 3.35. The van der Waals surface area contributed by atoms with Crippen LogP contribution >= 0.6 is 0 Å². The second-order valence-electron chi connectivity index (χ2n) is 5.48. The Morgan fingerprint density at radius 3 is 2.38 bits per heavy atom. The van der Waals surface area contributed by atoms with E-state index >= 15 is 0 Å². The first-order chi connectivity index (χ1) is 9.49. The molecule has 1 heterocycles. The third kappa shape index (κ3) is 3.09. The molecule has 21 heavy (non-hydrogen) atoms. The molecular weight excluding hydrogens is 289 g/mol. The summed E-state index contributed by atoms with van der Waals surface area (Å²) in [4.78, 5) is 25.9.